The highest BCUT2D eigenvalue weighted by atomic mass is 32.1. The van der Waals surface area contributed by atoms with Crippen LogP contribution in [0.5, 0.6) is 11.5 Å². The Balaban J connectivity index is 1.69. The number of ether oxygens (including phenoxy) is 2. The van der Waals surface area contributed by atoms with E-state index in [-0.39, 0.29) is 17.5 Å². The summed E-state index contributed by atoms with van der Waals surface area (Å²) in [5.74, 6) is 0.0774. The summed E-state index contributed by atoms with van der Waals surface area (Å²) < 4.78 is 10.4. The number of carbonyl (C=O) groups excluding carboxylic acids is 2. The lowest BCUT2D eigenvalue weighted by atomic mass is 10.1. The highest BCUT2D eigenvalue weighted by Crippen LogP contribution is 2.32. The van der Waals surface area contributed by atoms with Crippen LogP contribution in [-0.2, 0) is 0 Å². The maximum Gasteiger partial charge on any atom is 0.257 e. The highest BCUT2D eigenvalue weighted by molar-refractivity contribution is 7.80. The van der Waals surface area contributed by atoms with E-state index in [2.05, 4.69) is 10.6 Å². The second-order valence-electron chi connectivity index (χ2n) is 4.89. The molecule has 122 valence electrons. The minimum absolute atomic E-state index is 0.0476. The van der Waals surface area contributed by atoms with Crippen LogP contribution in [0.1, 0.15) is 20.7 Å². The molecule has 0 aromatic heterocycles. The molecule has 4 N–H and O–H groups in total. The van der Waals surface area contributed by atoms with Crippen LogP contribution < -0.4 is 25.8 Å². The number of hydrogen-bond donors (Lipinski definition) is 3. The number of carbonyl (C=O) groups is 2. The van der Waals surface area contributed by atoms with Crippen molar-refractivity contribution in [1.82, 2.24) is 5.32 Å². The maximum absolute atomic E-state index is 12.2. The van der Waals surface area contributed by atoms with E-state index >= 15 is 0 Å². The summed E-state index contributed by atoms with van der Waals surface area (Å²) in [6.07, 6.45) is 0. The average molecular weight is 343 g/mol. The van der Waals surface area contributed by atoms with E-state index < -0.39 is 11.8 Å². The van der Waals surface area contributed by atoms with E-state index in [0.717, 1.165) is 0 Å². The molecule has 0 spiro atoms. The molecule has 3 rings (SSSR count). The Morgan fingerprint density at radius 1 is 1.08 bits per heavy atom. The number of rotatable bonds is 3. The van der Waals surface area contributed by atoms with E-state index in [4.69, 9.17) is 27.4 Å². The van der Waals surface area contributed by atoms with Crippen molar-refractivity contribution in [2.24, 2.45) is 5.73 Å². The van der Waals surface area contributed by atoms with Crippen molar-refractivity contribution in [2.45, 2.75) is 0 Å². The average Bonchev–Trinajstić information content (AvgIpc) is 3.02. The largest absolute Gasteiger partial charge is 0.454 e. The van der Waals surface area contributed by atoms with Crippen molar-refractivity contribution >= 4 is 34.8 Å². The quantitative estimate of drug-likeness (QED) is 0.732. The Morgan fingerprint density at radius 3 is 2.62 bits per heavy atom. The fourth-order valence-electron chi connectivity index (χ4n) is 2.17. The molecule has 8 heteroatoms. The molecule has 2 amide bonds. The van der Waals surface area contributed by atoms with E-state index in [0.29, 0.717) is 22.7 Å². The molecule has 0 radical (unpaired) electrons. The normalized spacial score (nSPS) is 11.7. The van der Waals surface area contributed by atoms with Crippen LogP contribution in [0.15, 0.2) is 42.5 Å². The first-order valence-electron chi connectivity index (χ1n) is 6.95. The predicted molar refractivity (Wildman–Crippen MR) is 91.2 cm³/mol. The van der Waals surface area contributed by atoms with Gasteiger partial charge in [-0.25, -0.2) is 0 Å². The third-order valence-corrected chi connectivity index (χ3v) is 3.51. The van der Waals surface area contributed by atoms with Crippen LogP contribution in [0.25, 0.3) is 0 Å². The SMILES string of the molecule is NC(=O)c1ccccc1NC(=S)NC(=O)c1ccc2c(c1)OCO2. The van der Waals surface area contributed by atoms with Gasteiger partial charge in [0.05, 0.1) is 11.3 Å². The van der Waals surface area contributed by atoms with Gasteiger partial charge < -0.3 is 20.5 Å². The van der Waals surface area contributed by atoms with Gasteiger partial charge in [0.25, 0.3) is 11.8 Å². The molecule has 1 heterocycles. The number of amides is 2. The maximum atomic E-state index is 12.2. The molecule has 0 bridgehead atoms. The lowest BCUT2D eigenvalue weighted by molar-refractivity contribution is 0.0975. The molecule has 2 aromatic carbocycles. The first-order valence-corrected chi connectivity index (χ1v) is 7.36. The Kier molecular flexibility index (Phi) is 4.30. The number of thiocarbonyl (C=S) groups is 1. The van der Waals surface area contributed by atoms with E-state index in [1.807, 2.05) is 0 Å². The highest BCUT2D eigenvalue weighted by Gasteiger charge is 2.17. The Hall–Kier alpha value is -3.13. The number of nitrogens with two attached hydrogens (primary N) is 1. The predicted octanol–water partition coefficient (Wildman–Crippen LogP) is 1.64. The molecule has 0 atom stereocenters. The number of fused-ring (bicyclic) bond motifs is 1. The summed E-state index contributed by atoms with van der Waals surface area (Å²) in [6.45, 7) is 0.129. The Labute approximate surface area is 142 Å². The number of nitrogens with one attached hydrogen (secondary N) is 2. The summed E-state index contributed by atoms with van der Waals surface area (Å²) in [5.41, 5.74) is 6.36. The topological polar surface area (TPSA) is 103 Å². The van der Waals surface area contributed by atoms with Crippen LogP contribution in [0.3, 0.4) is 0 Å². The molecule has 2 aromatic rings. The third kappa shape index (κ3) is 3.28. The van der Waals surface area contributed by atoms with Crippen LogP contribution in [0.2, 0.25) is 0 Å². The van der Waals surface area contributed by atoms with Gasteiger partial charge in [0, 0.05) is 5.56 Å². The van der Waals surface area contributed by atoms with Gasteiger partial charge in [-0.3, -0.25) is 14.9 Å². The Bertz CT molecular complexity index is 838. The molecule has 0 aliphatic carbocycles. The smallest absolute Gasteiger partial charge is 0.257 e. The minimum Gasteiger partial charge on any atom is -0.454 e. The van der Waals surface area contributed by atoms with Crippen LogP contribution in [0.4, 0.5) is 5.69 Å². The molecule has 0 saturated heterocycles. The third-order valence-electron chi connectivity index (χ3n) is 3.30. The van der Waals surface area contributed by atoms with Crippen LogP contribution in [0, 0.1) is 0 Å². The molecular weight excluding hydrogens is 330 g/mol. The molecule has 1 aliphatic rings. The molecule has 1 aliphatic heterocycles. The molecule has 24 heavy (non-hydrogen) atoms. The number of hydrogen-bond acceptors (Lipinski definition) is 5. The van der Waals surface area contributed by atoms with Gasteiger partial charge in [0.15, 0.2) is 16.6 Å². The molecule has 0 fully saturated rings. The van der Waals surface area contributed by atoms with Crippen molar-refractivity contribution < 1.29 is 19.1 Å². The zero-order chi connectivity index (χ0) is 17.1. The number of primary amides is 1. The standard InChI is InChI=1S/C16H13N3O4S/c17-14(20)10-3-1-2-4-11(10)18-16(24)19-15(21)9-5-6-12-13(7-9)23-8-22-12/h1-7H,8H2,(H2,17,20)(H2,18,19,21,24). The summed E-state index contributed by atoms with van der Waals surface area (Å²) in [4.78, 5) is 23.6. The lowest BCUT2D eigenvalue weighted by Crippen LogP contribution is -2.34. The number of benzene rings is 2. The van der Waals surface area contributed by atoms with Crippen LogP contribution in [-0.4, -0.2) is 23.7 Å². The zero-order valence-electron chi connectivity index (χ0n) is 12.4. The van der Waals surface area contributed by atoms with Crippen molar-refractivity contribution in [2.75, 3.05) is 12.1 Å². The lowest BCUT2D eigenvalue weighted by Gasteiger charge is -2.12. The summed E-state index contributed by atoms with van der Waals surface area (Å²) >= 11 is 5.11. The fraction of sp³-hybridized carbons (Fsp3) is 0.0625. The van der Waals surface area contributed by atoms with Crippen molar-refractivity contribution in [1.29, 1.82) is 0 Å². The van der Waals surface area contributed by atoms with E-state index in [1.165, 1.54) is 0 Å². The van der Waals surface area contributed by atoms with Crippen LogP contribution >= 0.6 is 12.2 Å². The van der Waals surface area contributed by atoms with Gasteiger partial charge in [0.1, 0.15) is 0 Å². The van der Waals surface area contributed by atoms with Gasteiger partial charge >= 0.3 is 0 Å². The molecule has 0 saturated carbocycles. The number of anilines is 1. The van der Waals surface area contributed by atoms with Crippen molar-refractivity contribution in [3.05, 3.63) is 53.6 Å². The van der Waals surface area contributed by atoms with Crippen molar-refractivity contribution in [3.8, 4) is 11.5 Å². The zero-order valence-corrected chi connectivity index (χ0v) is 13.2. The monoisotopic (exact) mass is 343 g/mol. The second kappa shape index (κ2) is 6.55. The van der Waals surface area contributed by atoms with Gasteiger partial charge in [-0.2, -0.15) is 0 Å². The van der Waals surface area contributed by atoms with Gasteiger partial charge in [-0.05, 0) is 42.5 Å². The van der Waals surface area contributed by atoms with Gasteiger partial charge in [-0.15, -0.1) is 0 Å². The van der Waals surface area contributed by atoms with Gasteiger partial charge in [0.2, 0.25) is 6.79 Å². The number of para-hydroxylation sites is 1. The first kappa shape index (κ1) is 15.8. The van der Waals surface area contributed by atoms with E-state index in [9.17, 15) is 9.59 Å². The molecule has 0 unspecified atom stereocenters. The summed E-state index contributed by atoms with van der Waals surface area (Å²) in [7, 11) is 0. The second-order valence-corrected chi connectivity index (χ2v) is 5.29. The Morgan fingerprint density at radius 2 is 1.83 bits per heavy atom. The first-order chi connectivity index (χ1) is 11.5. The van der Waals surface area contributed by atoms with Crippen molar-refractivity contribution in [3.63, 3.8) is 0 Å². The van der Waals surface area contributed by atoms with Gasteiger partial charge in [-0.1, -0.05) is 12.1 Å². The molecular formula is C16H13N3O4S. The molecule has 7 nitrogen and oxygen atoms in total. The summed E-state index contributed by atoms with van der Waals surface area (Å²) in [5, 5.41) is 5.37. The minimum atomic E-state index is -0.594. The van der Waals surface area contributed by atoms with E-state index in [1.54, 1.807) is 42.5 Å². The fourth-order valence-corrected chi connectivity index (χ4v) is 2.38. The summed E-state index contributed by atoms with van der Waals surface area (Å²) in [6, 6.07) is 11.4.